The highest BCUT2D eigenvalue weighted by Gasteiger charge is 2.22. The predicted molar refractivity (Wildman–Crippen MR) is 102 cm³/mol. The molecule has 0 radical (unpaired) electrons. The standard InChI is InChI=1S/C20H28N4O/c1-23(2)18-9-5-13-24(14-18)15-19(25)21-12-10-17-7-3-6-16-8-4-11-22-20(16)17/h3-4,6-8,11,18H,5,9-10,12-15H2,1-2H3,(H,21,25). The number of likely N-dealkylation sites (N-methyl/N-ethyl adjacent to an activating group) is 1. The van der Waals surface area contributed by atoms with Crippen molar-refractivity contribution in [3.63, 3.8) is 0 Å². The molecule has 3 rings (SSSR count). The average molecular weight is 340 g/mol. The van der Waals surface area contributed by atoms with Crippen LogP contribution < -0.4 is 5.32 Å². The summed E-state index contributed by atoms with van der Waals surface area (Å²) in [6.45, 7) is 3.15. The molecule has 1 N–H and O–H groups in total. The quantitative estimate of drug-likeness (QED) is 0.873. The molecule has 2 aromatic rings. The minimum Gasteiger partial charge on any atom is -0.355 e. The summed E-state index contributed by atoms with van der Waals surface area (Å²) in [5.41, 5.74) is 2.22. The van der Waals surface area contributed by atoms with E-state index in [9.17, 15) is 4.79 Å². The van der Waals surface area contributed by atoms with Crippen molar-refractivity contribution in [3.8, 4) is 0 Å². The number of aromatic nitrogens is 1. The number of fused-ring (bicyclic) bond motifs is 1. The normalized spacial score (nSPS) is 18.6. The monoisotopic (exact) mass is 340 g/mol. The fourth-order valence-electron chi connectivity index (χ4n) is 3.56. The summed E-state index contributed by atoms with van der Waals surface area (Å²) >= 11 is 0. The van der Waals surface area contributed by atoms with Crippen LogP contribution in [0.2, 0.25) is 0 Å². The summed E-state index contributed by atoms with van der Waals surface area (Å²) in [5, 5.41) is 4.21. The Morgan fingerprint density at radius 1 is 1.32 bits per heavy atom. The van der Waals surface area contributed by atoms with E-state index in [1.807, 2.05) is 12.3 Å². The Morgan fingerprint density at radius 3 is 3.00 bits per heavy atom. The molecule has 0 bridgehead atoms. The highest BCUT2D eigenvalue weighted by molar-refractivity contribution is 5.81. The number of hydrogen-bond donors (Lipinski definition) is 1. The zero-order chi connectivity index (χ0) is 17.6. The Morgan fingerprint density at radius 2 is 2.16 bits per heavy atom. The molecule has 1 unspecified atom stereocenters. The first-order chi connectivity index (χ1) is 12.1. The van der Waals surface area contributed by atoms with E-state index in [1.165, 1.54) is 12.0 Å². The van der Waals surface area contributed by atoms with Gasteiger partial charge in [-0.25, -0.2) is 0 Å². The van der Waals surface area contributed by atoms with E-state index in [2.05, 4.69) is 58.5 Å². The van der Waals surface area contributed by atoms with Gasteiger partial charge in [-0.2, -0.15) is 0 Å². The fraction of sp³-hybridized carbons (Fsp3) is 0.500. The Labute approximate surface area is 150 Å². The van der Waals surface area contributed by atoms with E-state index >= 15 is 0 Å². The Balaban J connectivity index is 1.48. The first-order valence-electron chi connectivity index (χ1n) is 9.11. The van der Waals surface area contributed by atoms with Gasteiger partial charge in [0.25, 0.3) is 0 Å². The predicted octanol–water partition coefficient (Wildman–Crippen LogP) is 1.92. The summed E-state index contributed by atoms with van der Waals surface area (Å²) in [4.78, 5) is 21.3. The number of nitrogens with zero attached hydrogens (tertiary/aromatic N) is 3. The van der Waals surface area contributed by atoms with Gasteiger partial charge in [0.2, 0.25) is 5.91 Å². The first kappa shape index (κ1) is 17.8. The maximum Gasteiger partial charge on any atom is 0.234 e. The second-order valence-corrected chi connectivity index (χ2v) is 7.09. The molecule has 1 aromatic heterocycles. The number of nitrogens with one attached hydrogen (secondary N) is 1. The average Bonchev–Trinajstić information content (AvgIpc) is 2.62. The number of piperidine rings is 1. The van der Waals surface area contributed by atoms with Crippen LogP contribution in [-0.2, 0) is 11.2 Å². The number of hydrogen-bond acceptors (Lipinski definition) is 4. The molecule has 1 aliphatic rings. The number of likely N-dealkylation sites (tertiary alicyclic amines) is 1. The number of amides is 1. The third kappa shape index (κ3) is 4.77. The third-order valence-corrected chi connectivity index (χ3v) is 5.01. The van der Waals surface area contributed by atoms with Gasteiger partial charge >= 0.3 is 0 Å². The van der Waals surface area contributed by atoms with Crippen molar-refractivity contribution in [2.45, 2.75) is 25.3 Å². The summed E-state index contributed by atoms with van der Waals surface area (Å²) in [5.74, 6) is 0.118. The van der Waals surface area contributed by atoms with Gasteiger partial charge in [0, 0.05) is 30.7 Å². The van der Waals surface area contributed by atoms with Gasteiger partial charge in [-0.05, 0) is 51.5 Å². The zero-order valence-corrected chi connectivity index (χ0v) is 15.2. The molecule has 1 fully saturated rings. The minimum atomic E-state index is 0.118. The maximum absolute atomic E-state index is 12.3. The molecule has 1 saturated heterocycles. The lowest BCUT2D eigenvalue weighted by Crippen LogP contribution is -2.48. The fourth-order valence-corrected chi connectivity index (χ4v) is 3.56. The van der Waals surface area contributed by atoms with E-state index in [0.717, 1.165) is 36.8 Å². The van der Waals surface area contributed by atoms with Crippen LogP contribution in [-0.4, -0.2) is 67.0 Å². The lowest BCUT2D eigenvalue weighted by atomic mass is 10.0. The van der Waals surface area contributed by atoms with E-state index in [1.54, 1.807) is 0 Å². The summed E-state index contributed by atoms with van der Waals surface area (Å²) in [7, 11) is 4.24. The van der Waals surface area contributed by atoms with Gasteiger partial charge in [0.1, 0.15) is 0 Å². The maximum atomic E-state index is 12.3. The van der Waals surface area contributed by atoms with Crippen molar-refractivity contribution in [2.75, 3.05) is 40.3 Å². The largest absolute Gasteiger partial charge is 0.355 e. The molecule has 0 spiro atoms. The smallest absolute Gasteiger partial charge is 0.234 e. The molecule has 5 nitrogen and oxygen atoms in total. The van der Waals surface area contributed by atoms with Crippen molar-refractivity contribution in [2.24, 2.45) is 0 Å². The SMILES string of the molecule is CN(C)C1CCCN(CC(=O)NCCc2cccc3cccnc23)C1. The number of benzene rings is 1. The third-order valence-electron chi connectivity index (χ3n) is 5.01. The van der Waals surface area contributed by atoms with E-state index in [-0.39, 0.29) is 5.91 Å². The second-order valence-electron chi connectivity index (χ2n) is 7.09. The van der Waals surface area contributed by atoms with E-state index < -0.39 is 0 Å². The molecular weight excluding hydrogens is 312 g/mol. The second kappa shape index (κ2) is 8.41. The topological polar surface area (TPSA) is 48.5 Å². The Hall–Kier alpha value is -1.98. The molecule has 25 heavy (non-hydrogen) atoms. The van der Waals surface area contributed by atoms with Crippen LogP contribution in [0.15, 0.2) is 36.5 Å². The Kier molecular flexibility index (Phi) is 6.00. The molecule has 0 aliphatic carbocycles. The molecule has 1 aliphatic heterocycles. The molecule has 2 heterocycles. The molecule has 1 aromatic carbocycles. The van der Waals surface area contributed by atoms with Crippen LogP contribution in [0.3, 0.4) is 0 Å². The number of para-hydroxylation sites is 1. The molecule has 1 atom stereocenters. The van der Waals surface area contributed by atoms with Crippen molar-refractivity contribution in [1.82, 2.24) is 20.1 Å². The van der Waals surface area contributed by atoms with Gasteiger partial charge in [0.15, 0.2) is 0 Å². The minimum absolute atomic E-state index is 0.118. The van der Waals surface area contributed by atoms with Crippen molar-refractivity contribution < 1.29 is 4.79 Å². The summed E-state index contributed by atoms with van der Waals surface area (Å²) < 4.78 is 0. The molecular formula is C20H28N4O. The van der Waals surface area contributed by atoms with Crippen LogP contribution >= 0.6 is 0 Å². The first-order valence-corrected chi connectivity index (χ1v) is 9.11. The number of carbonyl (C=O) groups excluding carboxylic acids is 1. The van der Waals surface area contributed by atoms with Gasteiger partial charge in [-0.3, -0.25) is 14.7 Å². The van der Waals surface area contributed by atoms with Crippen LogP contribution in [0, 0.1) is 0 Å². The number of rotatable bonds is 6. The van der Waals surface area contributed by atoms with Crippen molar-refractivity contribution >= 4 is 16.8 Å². The zero-order valence-electron chi connectivity index (χ0n) is 15.2. The Bertz CT molecular complexity index is 710. The van der Waals surface area contributed by atoms with Crippen LogP contribution in [0.25, 0.3) is 10.9 Å². The van der Waals surface area contributed by atoms with Crippen molar-refractivity contribution in [1.29, 1.82) is 0 Å². The van der Waals surface area contributed by atoms with Gasteiger partial charge in [-0.1, -0.05) is 24.3 Å². The number of pyridine rings is 1. The molecule has 1 amide bonds. The van der Waals surface area contributed by atoms with E-state index in [4.69, 9.17) is 0 Å². The lowest BCUT2D eigenvalue weighted by molar-refractivity contribution is -0.122. The molecule has 0 saturated carbocycles. The highest BCUT2D eigenvalue weighted by atomic mass is 16.2. The molecule has 5 heteroatoms. The molecule has 134 valence electrons. The van der Waals surface area contributed by atoms with Crippen LogP contribution in [0.1, 0.15) is 18.4 Å². The number of carbonyl (C=O) groups is 1. The van der Waals surface area contributed by atoms with Gasteiger partial charge in [0.05, 0.1) is 12.1 Å². The highest BCUT2D eigenvalue weighted by Crippen LogP contribution is 2.16. The summed E-state index contributed by atoms with van der Waals surface area (Å²) in [6, 6.07) is 10.8. The van der Waals surface area contributed by atoms with Gasteiger partial charge in [-0.15, -0.1) is 0 Å². The van der Waals surface area contributed by atoms with E-state index in [0.29, 0.717) is 19.1 Å². The summed E-state index contributed by atoms with van der Waals surface area (Å²) in [6.07, 6.45) is 5.01. The lowest BCUT2D eigenvalue weighted by Gasteiger charge is -2.35. The van der Waals surface area contributed by atoms with Crippen LogP contribution in [0.5, 0.6) is 0 Å². The van der Waals surface area contributed by atoms with Crippen molar-refractivity contribution in [3.05, 3.63) is 42.1 Å². The van der Waals surface area contributed by atoms with Crippen LogP contribution in [0.4, 0.5) is 0 Å². The van der Waals surface area contributed by atoms with Gasteiger partial charge < -0.3 is 10.2 Å².